The first-order valence-electron chi connectivity index (χ1n) is 9.18. The Morgan fingerprint density at radius 2 is 1.43 bits per heavy atom. The Labute approximate surface area is 176 Å². The molecule has 7 nitrogen and oxygen atoms in total. The number of nitrogens with zero attached hydrogens (tertiary/aromatic N) is 1. The maximum absolute atomic E-state index is 12.1. The molecule has 0 spiro atoms. The van der Waals surface area contributed by atoms with Crippen LogP contribution in [-0.4, -0.2) is 60.0 Å². The van der Waals surface area contributed by atoms with E-state index in [4.69, 9.17) is 10.2 Å². The van der Waals surface area contributed by atoms with Crippen LogP contribution in [0.1, 0.15) is 15.9 Å². The second kappa shape index (κ2) is 13.5. The van der Waals surface area contributed by atoms with Crippen LogP contribution < -0.4 is 5.32 Å². The molecule has 2 rings (SSSR count). The highest BCUT2D eigenvalue weighted by molar-refractivity contribution is 6.06. The molecule has 0 fully saturated rings. The molecule has 3 N–H and O–H groups in total. The van der Waals surface area contributed by atoms with Crippen molar-refractivity contribution in [3.63, 3.8) is 0 Å². The number of rotatable bonds is 9. The third-order valence-electron chi connectivity index (χ3n) is 3.65. The number of nitrogens with one attached hydrogen (secondary N) is 1. The molecule has 0 aromatic heterocycles. The minimum Gasteiger partial charge on any atom is -0.478 e. The van der Waals surface area contributed by atoms with Gasteiger partial charge in [0.15, 0.2) is 5.78 Å². The first-order chi connectivity index (χ1) is 14.3. The number of ketones is 1. The van der Waals surface area contributed by atoms with Crippen LogP contribution >= 0.6 is 0 Å². The number of allylic oxidation sites excluding steroid dienone is 1. The molecule has 0 saturated heterocycles. The molecule has 0 amide bonds. The van der Waals surface area contributed by atoms with Gasteiger partial charge in [0.05, 0.1) is 0 Å². The van der Waals surface area contributed by atoms with Gasteiger partial charge in [-0.1, -0.05) is 36.4 Å². The van der Waals surface area contributed by atoms with Gasteiger partial charge in [0, 0.05) is 36.5 Å². The van der Waals surface area contributed by atoms with Gasteiger partial charge in [0.2, 0.25) is 0 Å². The molecule has 30 heavy (non-hydrogen) atoms. The highest BCUT2D eigenvalue weighted by Crippen LogP contribution is 2.11. The number of aliphatic carboxylic acids is 2. The fraction of sp³-hybridized carbons (Fsp3) is 0.174. The molecule has 0 saturated carbocycles. The molecular weight excluding hydrogens is 384 g/mol. The van der Waals surface area contributed by atoms with Gasteiger partial charge >= 0.3 is 11.9 Å². The number of hydrogen-bond acceptors (Lipinski definition) is 5. The van der Waals surface area contributed by atoms with Gasteiger partial charge < -0.3 is 20.4 Å². The fourth-order valence-electron chi connectivity index (χ4n) is 2.15. The molecule has 0 atom stereocenters. The van der Waals surface area contributed by atoms with E-state index in [0.29, 0.717) is 17.7 Å². The number of anilines is 1. The Morgan fingerprint density at radius 3 is 1.93 bits per heavy atom. The van der Waals surface area contributed by atoms with E-state index in [1.54, 1.807) is 6.08 Å². The minimum absolute atomic E-state index is 0.0173. The lowest BCUT2D eigenvalue weighted by molar-refractivity contribution is -0.134. The first-order valence-corrected chi connectivity index (χ1v) is 9.18. The van der Waals surface area contributed by atoms with Crippen LogP contribution in [0.4, 0.5) is 5.69 Å². The maximum atomic E-state index is 12.1. The molecule has 2 aromatic rings. The topological polar surface area (TPSA) is 107 Å². The van der Waals surface area contributed by atoms with E-state index >= 15 is 0 Å². The van der Waals surface area contributed by atoms with E-state index in [-0.39, 0.29) is 5.78 Å². The van der Waals surface area contributed by atoms with Crippen LogP contribution in [0.25, 0.3) is 6.08 Å². The largest absolute Gasteiger partial charge is 0.478 e. The van der Waals surface area contributed by atoms with Gasteiger partial charge in [0.1, 0.15) is 0 Å². The van der Waals surface area contributed by atoms with Crippen molar-refractivity contribution in [3.05, 3.63) is 84.0 Å². The highest BCUT2D eigenvalue weighted by Gasteiger charge is 2.01. The zero-order valence-corrected chi connectivity index (χ0v) is 17.0. The second-order valence-corrected chi connectivity index (χ2v) is 6.43. The summed E-state index contributed by atoms with van der Waals surface area (Å²) in [5, 5.41) is 19.0. The molecular formula is C23H26N2O5. The average Bonchev–Trinajstić information content (AvgIpc) is 2.72. The third-order valence-corrected chi connectivity index (χ3v) is 3.65. The summed E-state index contributed by atoms with van der Waals surface area (Å²) in [6, 6.07) is 17.4. The Balaban J connectivity index is 0.000000479. The van der Waals surface area contributed by atoms with Gasteiger partial charge in [-0.2, -0.15) is 0 Å². The Hall–Kier alpha value is -3.71. The van der Waals surface area contributed by atoms with E-state index in [1.807, 2.05) is 74.8 Å². The standard InChI is InChI=1S/C19H22N2O.C4H4O4/c1-21(2)15-14-20-18-11-9-17(10-12-18)19(22)13-8-16-6-4-3-5-7-16;5-3(6)1-2-4(7)8/h3-13,20H,14-15H2,1-2H3;1-2H,(H,5,6)(H,7,8)/b13-8+;2-1+. The molecule has 0 unspecified atom stereocenters. The molecule has 7 heteroatoms. The summed E-state index contributed by atoms with van der Waals surface area (Å²) >= 11 is 0. The van der Waals surface area contributed by atoms with Crippen LogP contribution in [0.3, 0.4) is 0 Å². The Kier molecular flexibility index (Phi) is 10.9. The van der Waals surface area contributed by atoms with Crippen molar-refractivity contribution < 1.29 is 24.6 Å². The molecule has 0 bridgehead atoms. The SMILES string of the molecule is CN(C)CCNc1ccc(C(=O)/C=C/c2ccccc2)cc1.O=C(O)/C=C/C(=O)O. The maximum Gasteiger partial charge on any atom is 0.328 e. The number of carbonyl (C=O) groups is 3. The summed E-state index contributed by atoms with van der Waals surface area (Å²) in [4.78, 5) is 33.4. The van der Waals surface area contributed by atoms with Crippen molar-refractivity contribution in [1.29, 1.82) is 0 Å². The molecule has 0 radical (unpaired) electrons. The predicted octanol–water partition coefficient (Wildman–Crippen LogP) is 3.27. The summed E-state index contributed by atoms with van der Waals surface area (Å²) in [5.41, 5.74) is 2.76. The van der Waals surface area contributed by atoms with Crippen LogP contribution in [0.5, 0.6) is 0 Å². The van der Waals surface area contributed by atoms with E-state index in [9.17, 15) is 14.4 Å². The van der Waals surface area contributed by atoms with Crippen molar-refractivity contribution in [1.82, 2.24) is 4.90 Å². The van der Waals surface area contributed by atoms with Gasteiger partial charge in [-0.25, -0.2) is 9.59 Å². The summed E-state index contributed by atoms with van der Waals surface area (Å²) in [6.07, 6.45) is 4.57. The Morgan fingerprint density at radius 1 is 0.867 bits per heavy atom. The van der Waals surface area contributed by atoms with Crippen LogP contribution in [0.15, 0.2) is 72.8 Å². The molecule has 0 heterocycles. The van der Waals surface area contributed by atoms with Crippen molar-refractivity contribution in [2.75, 3.05) is 32.5 Å². The lowest BCUT2D eigenvalue weighted by Crippen LogP contribution is -2.20. The van der Waals surface area contributed by atoms with E-state index < -0.39 is 11.9 Å². The molecule has 158 valence electrons. The zero-order valence-electron chi connectivity index (χ0n) is 17.0. The number of carboxylic acid groups (broad SMARTS) is 2. The number of carboxylic acids is 2. The lowest BCUT2D eigenvalue weighted by Gasteiger charge is -2.11. The highest BCUT2D eigenvalue weighted by atomic mass is 16.4. The van der Waals surface area contributed by atoms with Crippen molar-refractivity contribution in [2.24, 2.45) is 0 Å². The summed E-state index contributed by atoms with van der Waals surface area (Å²) in [7, 11) is 4.09. The first kappa shape index (κ1) is 24.3. The molecule has 2 aromatic carbocycles. The van der Waals surface area contributed by atoms with Gasteiger partial charge in [-0.05, 0) is 50.0 Å². The van der Waals surface area contributed by atoms with Crippen LogP contribution in [0.2, 0.25) is 0 Å². The monoisotopic (exact) mass is 410 g/mol. The number of likely N-dealkylation sites (N-methyl/N-ethyl adjacent to an activating group) is 1. The fourth-order valence-corrected chi connectivity index (χ4v) is 2.15. The van der Waals surface area contributed by atoms with E-state index in [0.717, 1.165) is 24.3 Å². The number of carbonyl (C=O) groups excluding carboxylic acids is 1. The lowest BCUT2D eigenvalue weighted by atomic mass is 10.1. The van der Waals surface area contributed by atoms with E-state index in [2.05, 4.69) is 10.2 Å². The van der Waals surface area contributed by atoms with Crippen molar-refractivity contribution >= 4 is 29.5 Å². The predicted molar refractivity (Wildman–Crippen MR) is 118 cm³/mol. The summed E-state index contributed by atoms with van der Waals surface area (Å²) in [6.45, 7) is 1.86. The molecule has 0 aliphatic carbocycles. The average molecular weight is 410 g/mol. The van der Waals surface area contributed by atoms with Crippen molar-refractivity contribution in [3.8, 4) is 0 Å². The smallest absolute Gasteiger partial charge is 0.328 e. The third kappa shape index (κ3) is 11.2. The minimum atomic E-state index is -1.26. The van der Waals surface area contributed by atoms with Gasteiger partial charge in [-0.15, -0.1) is 0 Å². The normalized spacial score (nSPS) is 10.6. The van der Waals surface area contributed by atoms with Gasteiger partial charge in [0.25, 0.3) is 0 Å². The van der Waals surface area contributed by atoms with Crippen LogP contribution in [-0.2, 0) is 9.59 Å². The quantitative estimate of drug-likeness (QED) is 0.430. The summed E-state index contributed by atoms with van der Waals surface area (Å²) < 4.78 is 0. The summed E-state index contributed by atoms with van der Waals surface area (Å²) in [5.74, 6) is -2.50. The number of hydrogen-bond donors (Lipinski definition) is 3. The van der Waals surface area contributed by atoms with Crippen molar-refractivity contribution in [2.45, 2.75) is 0 Å². The van der Waals surface area contributed by atoms with Crippen LogP contribution in [0, 0.1) is 0 Å². The number of benzene rings is 2. The zero-order chi connectivity index (χ0) is 22.4. The Bertz CT molecular complexity index is 856. The molecule has 0 aliphatic rings. The second-order valence-electron chi connectivity index (χ2n) is 6.43. The van der Waals surface area contributed by atoms with E-state index in [1.165, 1.54) is 0 Å². The molecule has 0 aliphatic heterocycles. The van der Waals surface area contributed by atoms with Gasteiger partial charge in [-0.3, -0.25) is 4.79 Å².